The van der Waals surface area contributed by atoms with E-state index < -0.39 is 12.0 Å². The summed E-state index contributed by atoms with van der Waals surface area (Å²) in [5.74, 6) is -1.11. The number of aliphatic imine (C=N–C) groups is 1. The lowest BCUT2D eigenvalue weighted by atomic mass is 9.93. The zero-order chi connectivity index (χ0) is 26.7. The number of hydrogen-bond donors (Lipinski definition) is 0. The molecule has 3 aliphatic rings. The SMILES string of the molecule is CCOC(=O)[C@@H]1CCCN(C(=O)CC2=CSC3=NC(C)=C(C(=O)OC(C)C)[C@@H](c4ccccc4Cl)N23)C1. The fourth-order valence-electron chi connectivity index (χ4n) is 4.82. The first-order chi connectivity index (χ1) is 17.7. The van der Waals surface area contributed by atoms with Gasteiger partial charge in [0.15, 0.2) is 5.17 Å². The normalized spacial score (nSPS) is 21.5. The van der Waals surface area contributed by atoms with E-state index in [-0.39, 0.29) is 30.3 Å². The Hall–Kier alpha value is -2.78. The third kappa shape index (κ3) is 5.88. The standard InChI is InChI=1S/C27H32ClN3O5S/c1-5-35-25(33)18-9-8-12-30(14-18)22(32)13-19-15-37-27-29-17(4)23(26(34)36-16(2)3)24(31(19)27)20-10-6-7-11-21(20)28/h6-7,10-11,15-16,18,24H,5,8-9,12-14H2,1-4H3/t18-,24-/m1/s1. The number of carbonyl (C=O) groups excluding carboxylic acids is 3. The Morgan fingerprint density at radius 1 is 1.24 bits per heavy atom. The summed E-state index contributed by atoms with van der Waals surface area (Å²) in [6.07, 6.45) is 1.26. The molecule has 1 fully saturated rings. The van der Waals surface area contributed by atoms with E-state index in [0.717, 1.165) is 17.7 Å². The molecular weight excluding hydrogens is 514 g/mol. The molecule has 2 atom stereocenters. The second-order valence-corrected chi connectivity index (χ2v) is 10.7. The van der Waals surface area contributed by atoms with Crippen molar-refractivity contribution in [1.29, 1.82) is 0 Å². The summed E-state index contributed by atoms with van der Waals surface area (Å²) in [6.45, 7) is 8.43. The lowest BCUT2D eigenvalue weighted by Crippen LogP contribution is -2.44. The van der Waals surface area contributed by atoms with Gasteiger partial charge >= 0.3 is 11.9 Å². The van der Waals surface area contributed by atoms with Crippen LogP contribution in [0.5, 0.6) is 0 Å². The summed E-state index contributed by atoms with van der Waals surface area (Å²) in [6, 6.07) is 6.78. The molecule has 198 valence electrons. The second-order valence-electron chi connectivity index (χ2n) is 9.48. The maximum Gasteiger partial charge on any atom is 0.338 e. The number of allylic oxidation sites excluding steroid dienone is 1. The molecule has 0 aliphatic carbocycles. The van der Waals surface area contributed by atoms with E-state index in [0.29, 0.717) is 47.6 Å². The monoisotopic (exact) mass is 545 g/mol. The van der Waals surface area contributed by atoms with Crippen molar-refractivity contribution in [2.75, 3.05) is 19.7 Å². The van der Waals surface area contributed by atoms with Crippen molar-refractivity contribution < 1.29 is 23.9 Å². The summed E-state index contributed by atoms with van der Waals surface area (Å²) in [4.78, 5) is 47.3. The summed E-state index contributed by atoms with van der Waals surface area (Å²) < 4.78 is 10.8. The molecule has 4 rings (SSSR count). The average molecular weight is 546 g/mol. The zero-order valence-corrected chi connectivity index (χ0v) is 23.1. The van der Waals surface area contributed by atoms with Crippen LogP contribution in [0.2, 0.25) is 5.02 Å². The van der Waals surface area contributed by atoms with Crippen molar-refractivity contribution in [3.8, 4) is 0 Å². The average Bonchev–Trinajstić information content (AvgIpc) is 3.25. The number of hydrogen-bond acceptors (Lipinski definition) is 8. The topological polar surface area (TPSA) is 88.5 Å². The molecule has 0 spiro atoms. The van der Waals surface area contributed by atoms with Crippen LogP contribution < -0.4 is 0 Å². The van der Waals surface area contributed by atoms with E-state index in [1.807, 2.05) is 28.5 Å². The molecule has 0 unspecified atom stereocenters. The Labute approximate surface area is 226 Å². The van der Waals surface area contributed by atoms with Crippen LogP contribution in [0.1, 0.15) is 58.6 Å². The van der Waals surface area contributed by atoms with Gasteiger partial charge in [0.05, 0.1) is 42.4 Å². The Morgan fingerprint density at radius 2 is 2.00 bits per heavy atom. The largest absolute Gasteiger partial charge is 0.466 e. The lowest BCUT2D eigenvalue weighted by Gasteiger charge is -2.37. The summed E-state index contributed by atoms with van der Waals surface area (Å²) in [7, 11) is 0. The highest BCUT2D eigenvalue weighted by atomic mass is 35.5. The van der Waals surface area contributed by atoms with Crippen LogP contribution in [-0.4, -0.2) is 58.6 Å². The van der Waals surface area contributed by atoms with Crippen LogP contribution in [0.4, 0.5) is 0 Å². The van der Waals surface area contributed by atoms with Gasteiger partial charge in [0.25, 0.3) is 0 Å². The Bertz CT molecular complexity index is 1180. The van der Waals surface area contributed by atoms with Crippen molar-refractivity contribution in [1.82, 2.24) is 9.80 Å². The third-order valence-electron chi connectivity index (χ3n) is 6.49. The fraction of sp³-hybridized carbons (Fsp3) is 0.481. The number of amides is 1. The molecule has 3 heterocycles. The van der Waals surface area contributed by atoms with E-state index in [1.165, 1.54) is 11.8 Å². The number of esters is 2. The van der Waals surface area contributed by atoms with Crippen LogP contribution in [-0.2, 0) is 23.9 Å². The summed E-state index contributed by atoms with van der Waals surface area (Å²) in [5, 5.41) is 3.08. The number of carbonyl (C=O) groups is 3. The predicted molar refractivity (Wildman–Crippen MR) is 144 cm³/mol. The minimum atomic E-state index is -0.588. The van der Waals surface area contributed by atoms with E-state index in [1.54, 1.807) is 38.7 Å². The van der Waals surface area contributed by atoms with E-state index in [9.17, 15) is 14.4 Å². The van der Waals surface area contributed by atoms with Gasteiger partial charge in [-0.25, -0.2) is 9.79 Å². The van der Waals surface area contributed by atoms with Gasteiger partial charge in [0.1, 0.15) is 0 Å². The Morgan fingerprint density at radius 3 is 2.70 bits per heavy atom. The van der Waals surface area contributed by atoms with Gasteiger partial charge in [-0.05, 0) is 57.6 Å². The molecule has 0 aromatic heterocycles. The molecule has 1 amide bonds. The first-order valence-electron chi connectivity index (χ1n) is 12.5. The van der Waals surface area contributed by atoms with Gasteiger partial charge in [-0.1, -0.05) is 41.6 Å². The number of rotatable bonds is 7. The smallest absolute Gasteiger partial charge is 0.338 e. The molecule has 1 aromatic carbocycles. The highest BCUT2D eigenvalue weighted by Gasteiger charge is 2.42. The van der Waals surface area contributed by atoms with Crippen molar-refractivity contribution >= 4 is 46.4 Å². The molecule has 3 aliphatic heterocycles. The Balaban J connectivity index is 1.62. The molecule has 0 saturated carbocycles. The molecule has 37 heavy (non-hydrogen) atoms. The van der Waals surface area contributed by atoms with Crippen LogP contribution in [0, 0.1) is 5.92 Å². The van der Waals surface area contributed by atoms with Crippen molar-refractivity contribution in [2.45, 2.75) is 59.1 Å². The number of fused-ring (bicyclic) bond motifs is 1. The molecule has 1 aromatic rings. The summed E-state index contributed by atoms with van der Waals surface area (Å²) in [5.41, 5.74) is 2.41. The maximum atomic E-state index is 13.4. The molecule has 8 nitrogen and oxygen atoms in total. The second kappa shape index (κ2) is 11.7. The van der Waals surface area contributed by atoms with Crippen LogP contribution in [0.15, 0.2) is 51.6 Å². The number of nitrogens with zero attached hydrogens (tertiary/aromatic N) is 3. The number of benzene rings is 1. The van der Waals surface area contributed by atoms with Crippen LogP contribution in [0.3, 0.4) is 0 Å². The maximum absolute atomic E-state index is 13.4. The van der Waals surface area contributed by atoms with E-state index >= 15 is 0 Å². The van der Waals surface area contributed by atoms with Crippen molar-refractivity contribution in [3.05, 3.63) is 57.2 Å². The van der Waals surface area contributed by atoms with E-state index in [4.69, 9.17) is 21.1 Å². The van der Waals surface area contributed by atoms with Gasteiger partial charge in [-0.15, -0.1) is 0 Å². The summed E-state index contributed by atoms with van der Waals surface area (Å²) >= 11 is 8.04. The Kier molecular flexibility index (Phi) is 8.64. The van der Waals surface area contributed by atoms with Crippen molar-refractivity contribution in [2.24, 2.45) is 10.9 Å². The minimum Gasteiger partial charge on any atom is -0.466 e. The van der Waals surface area contributed by atoms with Gasteiger partial charge in [0, 0.05) is 23.8 Å². The highest BCUT2D eigenvalue weighted by molar-refractivity contribution is 8.16. The first-order valence-corrected chi connectivity index (χ1v) is 13.8. The number of ether oxygens (including phenoxy) is 2. The van der Waals surface area contributed by atoms with E-state index in [2.05, 4.69) is 4.99 Å². The lowest BCUT2D eigenvalue weighted by molar-refractivity contribution is -0.151. The fourth-order valence-corrected chi connectivity index (χ4v) is 6.03. The predicted octanol–water partition coefficient (Wildman–Crippen LogP) is 5.06. The first kappa shape index (κ1) is 27.3. The molecule has 10 heteroatoms. The molecule has 0 N–H and O–H groups in total. The molecular formula is C27H32ClN3O5S. The number of thioether (sulfide) groups is 1. The number of amidine groups is 1. The number of likely N-dealkylation sites (tertiary alicyclic amines) is 1. The van der Waals surface area contributed by atoms with Gasteiger partial charge in [-0.3, -0.25) is 9.59 Å². The molecule has 0 radical (unpaired) electrons. The van der Waals surface area contributed by atoms with Gasteiger partial charge in [0.2, 0.25) is 5.91 Å². The highest BCUT2D eigenvalue weighted by Crippen LogP contribution is 2.46. The zero-order valence-electron chi connectivity index (χ0n) is 21.5. The number of halogens is 1. The number of piperidine rings is 1. The van der Waals surface area contributed by atoms with Crippen LogP contribution in [0.25, 0.3) is 0 Å². The third-order valence-corrected chi connectivity index (χ3v) is 7.72. The van der Waals surface area contributed by atoms with Crippen molar-refractivity contribution in [3.63, 3.8) is 0 Å². The van der Waals surface area contributed by atoms with Gasteiger partial charge < -0.3 is 19.3 Å². The van der Waals surface area contributed by atoms with Gasteiger partial charge in [-0.2, -0.15) is 0 Å². The molecule has 1 saturated heterocycles. The van der Waals surface area contributed by atoms with Crippen LogP contribution >= 0.6 is 23.4 Å². The minimum absolute atomic E-state index is 0.0856. The quantitative estimate of drug-likeness (QED) is 0.442. The molecule has 0 bridgehead atoms.